The molecule has 1 unspecified atom stereocenters. The summed E-state index contributed by atoms with van der Waals surface area (Å²) in [6, 6.07) is 2.72. The molecule has 0 aromatic carbocycles. The molecule has 0 bridgehead atoms. The van der Waals surface area contributed by atoms with Gasteiger partial charge < -0.3 is 5.32 Å². The first-order valence-electron chi connectivity index (χ1n) is 6.74. The van der Waals surface area contributed by atoms with E-state index in [1.807, 2.05) is 30.1 Å². The van der Waals surface area contributed by atoms with Gasteiger partial charge in [0.1, 0.15) is 0 Å². The van der Waals surface area contributed by atoms with Gasteiger partial charge in [0, 0.05) is 23.7 Å². The average Bonchev–Trinajstić information content (AvgIpc) is 2.89. The molecule has 104 valence electrons. The lowest BCUT2D eigenvalue weighted by atomic mass is 10.00. The van der Waals surface area contributed by atoms with Crippen molar-refractivity contribution < 1.29 is 0 Å². The normalized spacial score (nSPS) is 12.9. The van der Waals surface area contributed by atoms with Crippen LogP contribution in [0.15, 0.2) is 11.4 Å². The number of thiophene rings is 1. The molecule has 1 N–H and O–H groups in total. The van der Waals surface area contributed by atoms with E-state index < -0.39 is 0 Å². The Bertz CT molecular complexity index is 554. The van der Waals surface area contributed by atoms with Crippen LogP contribution in [0.4, 0.5) is 0 Å². The van der Waals surface area contributed by atoms with Crippen LogP contribution >= 0.6 is 11.3 Å². The Labute approximate surface area is 119 Å². The summed E-state index contributed by atoms with van der Waals surface area (Å²) in [5.74, 6) is 0. The number of aromatic nitrogens is 2. The zero-order valence-electron chi connectivity index (χ0n) is 12.4. The highest BCUT2D eigenvalue weighted by atomic mass is 32.1. The Hall–Kier alpha value is -1.13. The molecule has 0 aliphatic heterocycles. The van der Waals surface area contributed by atoms with Gasteiger partial charge in [-0.05, 0) is 63.2 Å². The third-order valence-electron chi connectivity index (χ3n) is 3.84. The molecule has 0 aliphatic carbocycles. The molecule has 19 heavy (non-hydrogen) atoms. The predicted octanol–water partition coefficient (Wildman–Crippen LogP) is 3.30. The first kappa shape index (κ1) is 14.3. The van der Waals surface area contributed by atoms with Gasteiger partial charge in [-0.25, -0.2) is 0 Å². The van der Waals surface area contributed by atoms with Gasteiger partial charge in [0.05, 0.1) is 5.69 Å². The molecule has 2 rings (SSSR count). The van der Waals surface area contributed by atoms with E-state index in [9.17, 15) is 0 Å². The molecule has 0 saturated heterocycles. The van der Waals surface area contributed by atoms with Crippen molar-refractivity contribution in [2.24, 2.45) is 7.05 Å². The lowest BCUT2D eigenvalue weighted by Crippen LogP contribution is -2.16. The molecular weight excluding hydrogens is 254 g/mol. The lowest BCUT2D eigenvalue weighted by Gasteiger charge is -2.15. The van der Waals surface area contributed by atoms with E-state index >= 15 is 0 Å². The van der Waals surface area contributed by atoms with Crippen molar-refractivity contribution in [3.63, 3.8) is 0 Å². The van der Waals surface area contributed by atoms with Crippen LogP contribution in [0.1, 0.15) is 39.9 Å². The van der Waals surface area contributed by atoms with Crippen LogP contribution < -0.4 is 5.32 Å². The minimum Gasteiger partial charge on any atom is -0.313 e. The largest absolute Gasteiger partial charge is 0.313 e. The molecule has 0 aliphatic rings. The zero-order chi connectivity index (χ0) is 14.0. The number of rotatable bonds is 5. The number of hydrogen-bond acceptors (Lipinski definition) is 3. The molecule has 0 saturated carbocycles. The van der Waals surface area contributed by atoms with Crippen molar-refractivity contribution in [1.29, 1.82) is 0 Å². The summed E-state index contributed by atoms with van der Waals surface area (Å²) in [5, 5.41) is 10.2. The summed E-state index contributed by atoms with van der Waals surface area (Å²) in [6.07, 6.45) is 2.19. The first-order valence-corrected chi connectivity index (χ1v) is 7.62. The highest BCUT2D eigenvalue weighted by Gasteiger charge is 2.14. The molecule has 0 amide bonds. The third kappa shape index (κ3) is 3.07. The fraction of sp³-hybridized carbons (Fsp3) is 0.533. The third-order valence-corrected chi connectivity index (χ3v) is 4.72. The highest BCUT2D eigenvalue weighted by Crippen LogP contribution is 2.25. The van der Waals surface area contributed by atoms with Gasteiger partial charge in [0.2, 0.25) is 0 Å². The predicted molar refractivity (Wildman–Crippen MR) is 81.9 cm³/mol. The van der Waals surface area contributed by atoms with E-state index in [-0.39, 0.29) is 0 Å². The second kappa shape index (κ2) is 5.88. The van der Waals surface area contributed by atoms with Gasteiger partial charge >= 0.3 is 0 Å². The van der Waals surface area contributed by atoms with Gasteiger partial charge in [-0.15, -0.1) is 11.3 Å². The number of nitrogens with zero attached hydrogens (tertiary/aromatic N) is 2. The van der Waals surface area contributed by atoms with E-state index in [0.717, 1.165) is 18.5 Å². The van der Waals surface area contributed by atoms with E-state index in [1.165, 1.54) is 21.7 Å². The number of nitrogens with one attached hydrogen (secondary N) is 1. The van der Waals surface area contributed by atoms with Crippen LogP contribution in [0, 0.1) is 20.8 Å². The van der Waals surface area contributed by atoms with E-state index in [0.29, 0.717) is 6.04 Å². The van der Waals surface area contributed by atoms with Gasteiger partial charge in [-0.3, -0.25) is 4.68 Å². The van der Waals surface area contributed by atoms with Crippen LogP contribution in [-0.2, 0) is 13.5 Å². The molecule has 3 nitrogen and oxygen atoms in total. The number of hydrogen-bond donors (Lipinski definition) is 1. The molecule has 1 atom stereocenters. The Morgan fingerprint density at radius 2 is 2.11 bits per heavy atom. The summed E-state index contributed by atoms with van der Waals surface area (Å²) in [4.78, 5) is 1.38. The summed E-state index contributed by atoms with van der Waals surface area (Å²) < 4.78 is 1.98. The molecule has 2 aromatic rings. The minimum atomic E-state index is 0.434. The van der Waals surface area contributed by atoms with E-state index in [2.05, 4.69) is 42.6 Å². The summed E-state index contributed by atoms with van der Waals surface area (Å²) in [5.41, 5.74) is 5.25. The maximum Gasteiger partial charge on any atom is 0.0628 e. The Morgan fingerprint density at radius 3 is 2.58 bits per heavy atom. The standard InChI is InChI=1S/C15H23N3S/c1-10-8-13(9-19-10)15(16-4)7-6-14-11(2)17-18(5)12(14)3/h8-9,15-16H,6-7H2,1-5H3. The molecule has 4 heteroatoms. The molecule has 0 radical (unpaired) electrons. The van der Waals surface area contributed by atoms with Gasteiger partial charge in [-0.2, -0.15) is 5.10 Å². The first-order chi connectivity index (χ1) is 9.02. The SMILES string of the molecule is CNC(CCc1c(C)nn(C)c1C)c1csc(C)c1. The van der Waals surface area contributed by atoms with Crippen molar-refractivity contribution in [2.45, 2.75) is 39.7 Å². The van der Waals surface area contributed by atoms with Crippen LogP contribution in [0.3, 0.4) is 0 Å². The van der Waals surface area contributed by atoms with Crippen molar-refractivity contribution in [3.05, 3.63) is 38.8 Å². The van der Waals surface area contributed by atoms with Crippen LogP contribution in [0.2, 0.25) is 0 Å². The zero-order valence-corrected chi connectivity index (χ0v) is 13.3. The quantitative estimate of drug-likeness (QED) is 0.909. The van der Waals surface area contributed by atoms with E-state index in [1.54, 1.807) is 0 Å². The Kier molecular flexibility index (Phi) is 4.42. The van der Waals surface area contributed by atoms with Crippen molar-refractivity contribution in [1.82, 2.24) is 15.1 Å². The molecule has 2 heterocycles. The Balaban J connectivity index is 2.08. The summed E-state index contributed by atoms with van der Waals surface area (Å²) >= 11 is 1.82. The van der Waals surface area contributed by atoms with Crippen LogP contribution in [0.25, 0.3) is 0 Å². The van der Waals surface area contributed by atoms with Gasteiger partial charge in [-0.1, -0.05) is 0 Å². The Morgan fingerprint density at radius 1 is 1.37 bits per heavy atom. The average molecular weight is 277 g/mol. The van der Waals surface area contributed by atoms with Crippen molar-refractivity contribution in [2.75, 3.05) is 7.05 Å². The molecular formula is C15H23N3S. The monoisotopic (exact) mass is 277 g/mol. The van der Waals surface area contributed by atoms with Crippen molar-refractivity contribution in [3.8, 4) is 0 Å². The van der Waals surface area contributed by atoms with Crippen LogP contribution in [-0.4, -0.2) is 16.8 Å². The summed E-state index contributed by atoms with van der Waals surface area (Å²) in [7, 11) is 4.06. The highest BCUT2D eigenvalue weighted by molar-refractivity contribution is 7.10. The van der Waals surface area contributed by atoms with Crippen LogP contribution in [0.5, 0.6) is 0 Å². The van der Waals surface area contributed by atoms with Gasteiger partial charge in [0.25, 0.3) is 0 Å². The van der Waals surface area contributed by atoms with Crippen molar-refractivity contribution >= 4 is 11.3 Å². The topological polar surface area (TPSA) is 29.9 Å². The molecule has 2 aromatic heterocycles. The molecule has 0 fully saturated rings. The fourth-order valence-corrected chi connectivity index (χ4v) is 3.35. The van der Waals surface area contributed by atoms with E-state index in [4.69, 9.17) is 0 Å². The number of aryl methyl sites for hydroxylation is 3. The second-order valence-corrected chi connectivity index (χ2v) is 6.26. The smallest absolute Gasteiger partial charge is 0.0628 e. The fourth-order valence-electron chi connectivity index (χ4n) is 2.59. The maximum atomic E-state index is 4.49. The lowest BCUT2D eigenvalue weighted by molar-refractivity contribution is 0.549. The maximum absolute atomic E-state index is 4.49. The molecule has 0 spiro atoms. The second-order valence-electron chi connectivity index (χ2n) is 5.14. The van der Waals surface area contributed by atoms with Gasteiger partial charge in [0.15, 0.2) is 0 Å². The minimum absolute atomic E-state index is 0.434. The summed E-state index contributed by atoms with van der Waals surface area (Å²) in [6.45, 7) is 6.42.